The highest BCUT2D eigenvalue weighted by Gasteiger charge is 2.47. The number of hydrogen-bond acceptors (Lipinski definition) is 7. The van der Waals surface area contributed by atoms with Crippen molar-refractivity contribution in [2.75, 3.05) is 45.7 Å². The van der Waals surface area contributed by atoms with Gasteiger partial charge in [-0.1, -0.05) is 19.9 Å². The second-order valence-electron chi connectivity index (χ2n) is 13.3. The van der Waals surface area contributed by atoms with Crippen molar-refractivity contribution in [3.63, 3.8) is 0 Å². The largest absolute Gasteiger partial charge is 0.481 e. The Labute approximate surface area is 297 Å². The minimum atomic E-state index is -4.49. The van der Waals surface area contributed by atoms with Crippen molar-refractivity contribution in [2.24, 2.45) is 11.8 Å². The molecule has 1 saturated heterocycles. The number of amides is 4. The van der Waals surface area contributed by atoms with Crippen LogP contribution < -0.4 is 20.7 Å². The van der Waals surface area contributed by atoms with Crippen LogP contribution in [0.5, 0.6) is 5.88 Å². The summed E-state index contributed by atoms with van der Waals surface area (Å²) in [6.45, 7) is 5.43. The molecule has 1 saturated carbocycles. The zero-order valence-electron chi connectivity index (χ0n) is 29.4. The topological polar surface area (TPSA) is 133 Å². The van der Waals surface area contributed by atoms with Crippen LogP contribution >= 0.6 is 0 Å². The maximum absolute atomic E-state index is 15.6. The molecule has 2 aliphatic rings. The number of anilines is 1. The van der Waals surface area contributed by atoms with E-state index in [0.29, 0.717) is 31.7 Å². The SMILES string of the molecule is CCC(=O)N[C@@H](C(=O)N1CCN(C)CC1)[C@@H](C)c1ccc(NC(=O)[C@@H](NC(=O)C(F)(F)c2ccc(OC)nc2)C2CCC(C(F)(F)F)CC2)c(F)c1. The smallest absolute Gasteiger partial charge is 0.391 e. The van der Waals surface area contributed by atoms with E-state index in [0.717, 1.165) is 24.4 Å². The Hall–Kier alpha value is -4.41. The van der Waals surface area contributed by atoms with Gasteiger partial charge in [-0.15, -0.1) is 0 Å². The molecule has 17 heteroatoms. The van der Waals surface area contributed by atoms with Crippen LogP contribution in [0.15, 0.2) is 36.5 Å². The van der Waals surface area contributed by atoms with Gasteiger partial charge in [-0.25, -0.2) is 9.37 Å². The van der Waals surface area contributed by atoms with Crippen LogP contribution in [0.1, 0.15) is 63.0 Å². The van der Waals surface area contributed by atoms with Gasteiger partial charge < -0.3 is 30.5 Å². The first-order valence-corrected chi connectivity index (χ1v) is 17.1. The van der Waals surface area contributed by atoms with E-state index in [9.17, 15) is 32.3 Å². The summed E-state index contributed by atoms with van der Waals surface area (Å²) < 4.78 is 91.2. The number of rotatable bonds is 12. The van der Waals surface area contributed by atoms with E-state index in [-0.39, 0.29) is 37.0 Å². The molecular formula is C35H44F6N6O5. The molecule has 2 heterocycles. The van der Waals surface area contributed by atoms with Crippen molar-refractivity contribution in [3.05, 3.63) is 53.5 Å². The molecule has 0 radical (unpaired) electrons. The number of piperazine rings is 1. The van der Waals surface area contributed by atoms with Gasteiger partial charge in [-0.05, 0) is 62.4 Å². The van der Waals surface area contributed by atoms with Gasteiger partial charge in [0.15, 0.2) is 0 Å². The molecule has 0 bridgehead atoms. The standard InChI is InChI=1S/C35H44F6N6O5/c1-5-27(48)44-29(32(50)47-16-14-46(3)15-17-47)20(2)22-8-12-26(25(36)18-22)43-31(49)30(21-6-9-23(10-7-21)35(39,40)41)45-33(51)34(37,38)24-11-13-28(52-4)42-19-24/h8,11-13,18-21,23,29-30H,5-7,9-10,14-17H2,1-4H3,(H,43,49)(H,44,48)(H,45,51)/t20-,21?,23?,29+,30-/m0/s1. The monoisotopic (exact) mass is 742 g/mol. The predicted octanol–water partition coefficient (Wildman–Crippen LogP) is 4.59. The Balaban J connectivity index is 1.55. The number of ether oxygens (including phenoxy) is 1. The molecule has 52 heavy (non-hydrogen) atoms. The highest BCUT2D eigenvalue weighted by atomic mass is 19.4. The number of nitrogens with one attached hydrogen (secondary N) is 3. The minimum absolute atomic E-state index is 0.00365. The van der Waals surface area contributed by atoms with Crippen LogP contribution in [0.2, 0.25) is 0 Å². The van der Waals surface area contributed by atoms with Crippen LogP contribution in [0, 0.1) is 17.7 Å². The Morgan fingerprint density at radius 3 is 2.15 bits per heavy atom. The van der Waals surface area contributed by atoms with E-state index >= 15 is 13.2 Å². The first kappa shape index (κ1) is 40.4. The summed E-state index contributed by atoms with van der Waals surface area (Å²) in [5.74, 6) is -12.2. The molecule has 0 unspecified atom stereocenters. The number of methoxy groups -OCH3 is 1. The van der Waals surface area contributed by atoms with Crippen molar-refractivity contribution in [1.29, 1.82) is 0 Å². The molecule has 2 aromatic rings. The van der Waals surface area contributed by atoms with Crippen LogP contribution in [0.3, 0.4) is 0 Å². The minimum Gasteiger partial charge on any atom is -0.481 e. The molecule has 1 aromatic heterocycles. The molecular weight excluding hydrogens is 698 g/mol. The number of aromatic nitrogens is 1. The molecule has 286 valence electrons. The summed E-state index contributed by atoms with van der Waals surface area (Å²) in [7, 11) is 3.19. The number of carbonyl (C=O) groups is 4. The van der Waals surface area contributed by atoms with Crippen molar-refractivity contribution in [3.8, 4) is 5.88 Å². The molecule has 3 N–H and O–H groups in total. The number of hydrogen-bond donors (Lipinski definition) is 3. The summed E-state index contributed by atoms with van der Waals surface area (Å²) in [6, 6.07) is 2.93. The third-order valence-electron chi connectivity index (χ3n) is 9.86. The third-order valence-corrected chi connectivity index (χ3v) is 9.86. The van der Waals surface area contributed by atoms with Gasteiger partial charge in [-0.3, -0.25) is 19.2 Å². The molecule has 1 aromatic carbocycles. The first-order valence-electron chi connectivity index (χ1n) is 17.1. The Morgan fingerprint density at radius 2 is 1.62 bits per heavy atom. The van der Waals surface area contributed by atoms with E-state index in [1.807, 2.05) is 12.4 Å². The van der Waals surface area contributed by atoms with Crippen LogP contribution in [0.4, 0.5) is 32.0 Å². The number of carbonyl (C=O) groups excluding carboxylic acids is 4. The highest BCUT2D eigenvalue weighted by molar-refractivity contribution is 5.98. The van der Waals surface area contributed by atoms with Crippen LogP contribution in [0.25, 0.3) is 0 Å². The lowest BCUT2D eigenvalue weighted by atomic mass is 9.77. The normalized spacial score (nSPS) is 20.3. The lowest BCUT2D eigenvalue weighted by Gasteiger charge is -2.36. The summed E-state index contributed by atoms with van der Waals surface area (Å²) in [4.78, 5) is 59.9. The predicted molar refractivity (Wildman–Crippen MR) is 178 cm³/mol. The molecule has 4 rings (SSSR count). The van der Waals surface area contributed by atoms with E-state index in [2.05, 4.69) is 20.5 Å². The summed E-state index contributed by atoms with van der Waals surface area (Å²) in [6.07, 6.45) is -4.89. The average molecular weight is 743 g/mol. The van der Waals surface area contributed by atoms with Crippen molar-refractivity contribution in [1.82, 2.24) is 25.4 Å². The number of likely N-dealkylation sites (N-methyl/N-ethyl adjacent to an activating group) is 1. The summed E-state index contributed by atoms with van der Waals surface area (Å²) >= 11 is 0. The van der Waals surface area contributed by atoms with Crippen molar-refractivity contribution < 1.29 is 50.3 Å². The fourth-order valence-electron chi connectivity index (χ4n) is 6.45. The lowest BCUT2D eigenvalue weighted by molar-refractivity contribution is -0.184. The zero-order chi connectivity index (χ0) is 38.4. The molecule has 1 aliphatic carbocycles. The van der Waals surface area contributed by atoms with Crippen molar-refractivity contribution >= 4 is 29.3 Å². The number of nitrogens with zero attached hydrogens (tertiary/aromatic N) is 3. The van der Waals surface area contributed by atoms with Gasteiger partial charge in [0, 0.05) is 56.3 Å². The fourth-order valence-corrected chi connectivity index (χ4v) is 6.45. The first-order chi connectivity index (χ1) is 24.5. The van der Waals surface area contributed by atoms with Gasteiger partial charge in [0.2, 0.25) is 23.6 Å². The highest BCUT2D eigenvalue weighted by Crippen LogP contribution is 2.41. The van der Waals surface area contributed by atoms with E-state index < -0.39 is 83.7 Å². The molecule has 2 fully saturated rings. The quantitative estimate of drug-likeness (QED) is 0.271. The summed E-state index contributed by atoms with van der Waals surface area (Å²) in [5.41, 5.74) is -0.904. The van der Waals surface area contributed by atoms with E-state index in [4.69, 9.17) is 4.74 Å². The van der Waals surface area contributed by atoms with Gasteiger partial charge >= 0.3 is 12.1 Å². The molecule has 0 spiro atoms. The van der Waals surface area contributed by atoms with Gasteiger partial charge in [-0.2, -0.15) is 22.0 Å². The van der Waals surface area contributed by atoms with Gasteiger partial charge in [0.25, 0.3) is 5.91 Å². The molecule has 3 atom stereocenters. The summed E-state index contributed by atoms with van der Waals surface area (Å²) in [5, 5.41) is 7.05. The second-order valence-corrected chi connectivity index (χ2v) is 13.3. The third kappa shape index (κ3) is 9.72. The fraction of sp³-hybridized carbons (Fsp3) is 0.571. The average Bonchev–Trinajstić information content (AvgIpc) is 3.12. The van der Waals surface area contributed by atoms with Crippen LogP contribution in [-0.4, -0.2) is 97.0 Å². The number of pyridine rings is 1. The molecule has 1 aliphatic heterocycles. The maximum atomic E-state index is 15.6. The van der Waals surface area contributed by atoms with E-state index in [1.54, 1.807) is 18.7 Å². The van der Waals surface area contributed by atoms with Crippen LogP contribution in [-0.2, 0) is 25.1 Å². The Bertz CT molecular complexity index is 1580. The number of alkyl halides is 5. The maximum Gasteiger partial charge on any atom is 0.391 e. The number of benzene rings is 1. The van der Waals surface area contributed by atoms with Crippen molar-refractivity contribution in [2.45, 2.75) is 76.1 Å². The van der Waals surface area contributed by atoms with Gasteiger partial charge in [0.05, 0.1) is 18.7 Å². The second kappa shape index (κ2) is 16.9. The Morgan fingerprint density at radius 1 is 0.962 bits per heavy atom. The molecule has 11 nitrogen and oxygen atoms in total. The Kier molecular flexibility index (Phi) is 13.2. The van der Waals surface area contributed by atoms with E-state index in [1.165, 1.54) is 19.2 Å². The van der Waals surface area contributed by atoms with Gasteiger partial charge in [0.1, 0.15) is 17.9 Å². The molecule has 4 amide bonds. The number of halogens is 6. The zero-order valence-corrected chi connectivity index (χ0v) is 29.4. The lowest BCUT2D eigenvalue weighted by Crippen LogP contribution is -2.55.